The molecule has 0 radical (unpaired) electrons. The van der Waals surface area contributed by atoms with Crippen LogP contribution in [0.15, 0.2) is 84.9 Å². The Morgan fingerprint density at radius 1 is 0.971 bits per heavy atom. The van der Waals surface area contributed by atoms with Gasteiger partial charge in [0.1, 0.15) is 5.01 Å². The lowest BCUT2D eigenvalue weighted by atomic mass is 9.88. The molecule has 0 spiro atoms. The molecule has 1 atom stereocenters. The monoisotopic (exact) mass is 482 g/mol. The maximum absolute atomic E-state index is 13.0. The minimum absolute atomic E-state index is 0.0339. The van der Waals surface area contributed by atoms with Crippen molar-refractivity contribution in [3.8, 4) is 0 Å². The molecular weight excluding hydrogens is 456 g/mol. The third-order valence-corrected chi connectivity index (χ3v) is 7.30. The number of amides is 2. The Hall–Kier alpha value is -3.84. The molecule has 6 nitrogen and oxygen atoms in total. The second-order valence-corrected chi connectivity index (χ2v) is 9.82. The molecule has 1 aliphatic heterocycles. The average Bonchev–Trinajstić information content (AvgIpc) is 3.50. The minimum atomic E-state index is -0.116. The smallest absolute Gasteiger partial charge is 0.227 e. The number of benzene rings is 3. The van der Waals surface area contributed by atoms with E-state index in [4.69, 9.17) is 0 Å². The van der Waals surface area contributed by atoms with Crippen LogP contribution in [-0.4, -0.2) is 28.6 Å². The fourth-order valence-electron chi connectivity index (χ4n) is 4.45. The van der Waals surface area contributed by atoms with E-state index in [2.05, 4.69) is 15.5 Å². The number of aryl methyl sites for hydroxylation is 1. The van der Waals surface area contributed by atoms with Gasteiger partial charge in [-0.2, -0.15) is 0 Å². The highest BCUT2D eigenvalue weighted by Crippen LogP contribution is 2.35. The number of carbonyl (C=O) groups is 2. The molecule has 1 unspecified atom stereocenters. The van der Waals surface area contributed by atoms with Crippen LogP contribution in [0.25, 0.3) is 0 Å². The fraction of sp³-hybridized carbons (Fsp3) is 0.214. The largest absolute Gasteiger partial charge is 0.312 e. The first-order chi connectivity index (χ1) is 17.1. The fourth-order valence-corrected chi connectivity index (χ4v) is 5.30. The van der Waals surface area contributed by atoms with Gasteiger partial charge in [-0.25, -0.2) is 0 Å². The quantitative estimate of drug-likeness (QED) is 0.376. The van der Waals surface area contributed by atoms with Crippen LogP contribution in [0, 0.1) is 6.92 Å². The third kappa shape index (κ3) is 5.30. The summed E-state index contributed by atoms with van der Waals surface area (Å²) in [7, 11) is 0. The van der Waals surface area contributed by atoms with Crippen LogP contribution in [0.5, 0.6) is 0 Å². The van der Waals surface area contributed by atoms with Crippen molar-refractivity contribution in [2.75, 3.05) is 16.8 Å². The van der Waals surface area contributed by atoms with E-state index >= 15 is 0 Å². The molecule has 1 fully saturated rings. The normalized spacial score (nSPS) is 15.5. The van der Waals surface area contributed by atoms with Crippen LogP contribution < -0.4 is 10.2 Å². The number of hydrogen-bond acceptors (Lipinski definition) is 5. The van der Waals surface area contributed by atoms with Crippen molar-refractivity contribution in [3.05, 3.63) is 107 Å². The van der Waals surface area contributed by atoms with Crippen molar-refractivity contribution < 1.29 is 9.59 Å². The number of hydrogen-bond donors (Lipinski definition) is 1. The second-order valence-electron chi connectivity index (χ2n) is 8.81. The van der Waals surface area contributed by atoms with Gasteiger partial charge in [0.2, 0.25) is 16.9 Å². The maximum Gasteiger partial charge on any atom is 0.227 e. The van der Waals surface area contributed by atoms with Gasteiger partial charge in [-0.3, -0.25) is 9.59 Å². The summed E-state index contributed by atoms with van der Waals surface area (Å²) >= 11 is 1.35. The predicted octanol–water partition coefficient (Wildman–Crippen LogP) is 5.53. The molecule has 2 amide bonds. The predicted molar refractivity (Wildman–Crippen MR) is 139 cm³/mol. The van der Waals surface area contributed by atoms with Crippen LogP contribution in [0.2, 0.25) is 0 Å². The van der Waals surface area contributed by atoms with Crippen molar-refractivity contribution in [2.24, 2.45) is 0 Å². The number of nitrogens with one attached hydrogen (secondary N) is 1. The van der Waals surface area contributed by atoms with Gasteiger partial charge in [-0.05, 0) is 30.2 Å². The van der Waals surface area contributed by atoms with E-state index in [1.807, 2.05) is 91.9 Å². The van der Waals surface area contributed by atoms with Crippen LogP contribution in [-0.2, 0) is 9.59 Å². The summed E-state index contributed by atoms with van der Waals surface area (Å²) in [5.74, 6) is -0.129. The van der Waals surface area contributed by atoms with Crippen molar-refractivity contribution in [1.29, 1.82) is 0 Å². The first-order valence-electron chi connectivity index (χ1n) is 11.7. The van der Waals surface area contributed by atoms with Crippen molar-refractivity contribution in [2.45, 2.75) is 31.6 Å². The highest BCUT2D eigenvalue weighted by molar-refractivity contribution is 7.15. The average molecular weight is 483 g/mol. The molecule has 7 heteroatoms. The van der Waals surface area contributed by atoms with Crippen LogP contribution in [0.1, 0.15) is 46.4 Å². The lowest BCUT2D eigenvalue weighted by molar-refractivity contribution is -0.117. The Balaban J connectivity index is 1.26. The molecular formula is C28H26N4O2S. The van der Waals surface area contributed by atoms with Crippen molar-refractivity contribution >= 4 is 34.0 Å². The summed E-state index contributed by atoms with van der Waals surface area (Å²) in [5, 5.41) is 12.6. The summed E-state index contributed by atoms with van der Waals surface area (Å²) in [6.07, 6.45) is 0.687. The SMILES string of the molecule is Cc1ccc(N2CC(c3nnc(NC(=O)CC(c4ccccc4)c4ccccc4)s3)CC2=O)cc1. The van der Waals surface area contributed by atoms with Gasteiger partial charge in [0.05, 0.1) is 0 Å². The van der Waals surface area contributed by atoms with Crippen LogP contribution in [0.3, 0.4) is 0 Å². The van der Waals surface area contributed by atoms with Crippen molar-refractivity contribution in [1.82, 2.24) is 10.2 Å². The molecule has 1 aromatic heterocycles. The van der Waals surface area contributed by atoms with E-state index in [9.17, 15) is 9.59 Å². The number of anilines is 2. The molecule has 3 aromatic carbocycles. The Kier molecular flexibility index (Phi) is 6.68. The van der Waals surface area contributed by atoms with Gasteiger partial charge in [0, 0.05) is 36.9 Å². The first-order valence-corrected chi connectivity index (χ1v) is 12.5. The molecule has 35 heavy (non-hydrogen) atoms. The molecule has 2 heterocycles. The maximum atomic E-state index is 13.0. The van der Waals surface area contributed by atoms with E-state index in [-0.39, 0.29) is 23.7 Å². The summed E-state index contributed by atoms with van der Waals surface area (Å²) < 4.78 is 0. The van der Waals surface area contributed by atoms with Gasteiger partial charge in [0.25, 0.3) is 0 Å². The Morgan fingerprint density at radius 2 is 1.60 bits per heavy atom. The summed E-state index contributed by atoms with van der Waals surface area (Å²) in [6.45, 7) is 2.59. The Labute approximate surface area is 208 Å². The van der Waals surface area contributed by atoms with Crippen molar-refractivity contribution in [3.63, 3.8) is 0 Å². The zero-order valence-electron chi connectivity index (χ0n) is 19.4. The van der Waals surface area contributed by atoms with E-state index in [0.29, 0.717) is 24.5 Å². The first kappa shape index (κ1) is 22.9. The molecule has 4 aromatic rings. The van der Waals surface area contributed by atoms with E-state index in [1.165, 1.54) is 11.3 Å². The number of rotatable bonds is 7. The Bertz CT molecular complexity index is 1270. The zero-order valence-corrected chi connectivity index (χ0v) is 20.2. The summed E-state index contributed by atoms with van der Waals surface area (Å²) in [6, 6.07) is 28.0. The highest BCUT2D eigenvalue weighted by Gasteiger charge is 2.34. The Morgan fingerprint density at radius 3 is 2.23 bits per heavy atom. The van der Waals surface area contributed by atoms with Gasteiger partial charge in [-0.1, -0.05) is 89.7 Å². The van der Waals surface area contributed by atoms with E-state index in [0.717, 1.165) is 27.4 Å². The third-order valence-electron chi connectivity index (χ3n) is 6.30. The summed E-state index contributed by atoms with van der Waals surface area (Å²) in [4.78, 5) is 27.4. The molecule has 1 aliphatic rings. The molecule has 1 saturated heterocycles. The van der Waals surface area contributed by atoms with Gasteiger partial charge < -0.3 is 10.2 Å². The minimum Gasteiger partial charge on any atom is -0.312 e. The van der Waals surface area contributed by atoms with E-state index in [1.54, 1.807) is 4.90 Å². The number of carbonyl (C=O) groups excluding carboxylic acids is 2. The standard InChI is InChI=1S/C28H26N4O2S/c1-19-12-14-23(15-13-19)32-18-22(16-26(32)34)27-30-31-28(35-27)29-25(33)17-24(20-8-4-2-5-9-20)21-10-6-3-7-11-21/h2-15,22,24H,16-18H2,1H3,(H,29,31,33). The molecule has 1 N–H and O–H groups in total. The molecule has 5 rings (SSSR count). The van der Waals surface area contributed by atoms with Crippen LogP contribution in [0.4, 0.5) is 10.8 Å². The summed E-state index contributed by atoms with van der Waals surface area (Å²) in [5.41, 5.74) is 4.23. The lowest BCUT2D eigenvalue weighted by Gasteiger charge is -2.17. The van der Waals surface area contributed by atoms with Gasteiger partial charge >= 0.3 is 0 Å². The topological polar surface area (TPSA) is 75.2 Å². The molecule has 0 aliphatic carbocycles. The second kappa shape index (κ2) is 10.2. The number of aromatic nitrogens is 2. The van der Waals surface area contributed by atoms with Gasteiger partial charge in [-0.15, -0.1) is 10.2 Å². The number of nitrogens with zero attached hydrogens (tertiary/aromatic N) is 3. The highest BCUT2D eigenvalue weighted by atomic mass is 32.1. The zero-order chi connectivity index (χ0) is 24.2. The molecule has 0 bridgehead atoms. The molecule has 0 saturated carbocycles. The van der Waals surface area contributed by atoms with Crippen LogP contribution >= 0.6 is 11.3 Å². The van der Waals surface area contributed by atoms with Gasteiger partial charge in [0.15, 0.2) is 0 Å². The van der Waals surface area contributed by atoms with E-state index < -0.39 is 0 Å². The molecule has 176 valence electrons. The lowest BCUT2D eigenvalue weighted by Crippen LogP contribution is -2.24.